The number of carbonyl (C=O) groups is 2. The van der Waals surface area contributed by atoms with Crippen LogP contribution in [-0.4, -0.2) is 23.9 Å². The fourth-order valence-electron chi connectivity index (χ4n) is 2.21. The molecule has 4 nitrogen and oxygen atoms in total. The third-order valence-electron chi connectivity index (χ3n) is 3.24. The van der Waals surface area contributed by atoms with Crippen molar-refractivity contribution in [2.75, 3.05) is 4.90 Å². The maximum absolute atomic E-state index is 12.4. The van der Waals surface area contributed by atoms with Crippen LogP contribution in [0.15, 0.2) is 16.6 Å². The number of anilines is 1. The minimum absolute atomic E-state index is 0.185. The number of nitrogens with one attached hydrogen (secondary N) is 1. The molecule has 0 aliphatic carbocycles. The van der Waals surface area contributed by atoms with Gasteiger partial charge >= 0.3 is 0 Å². The average Bonchev–Trinajstić information content (AvgIpc) is 2.41. The Morgan fingerprint density at radius 1 is 1.30 bits per heavy atom. The number of carbonyl (C=O) groups excluding carboxylic acids is 2. The summed E-state index contributed by atoms with van der Waals surface area (Å²) in [5.41, 5.74) is 0.457. The van der Waals surface area contributed by atoms with E-state index in [0.29, 0.717) is 21.6 Å². The molecule has 2 unspecified atom stereocenters. The van der Waals surface area contributed by atoms with E-state index in [1.807, 2.05) is 6.92 Å². The summed E-state index contributed by atoms with van der Waals surface area (Å²) in [5.74, 6) is -0.383. The molecule has 0 radical (unpaired) electrons. The highest BCUT2D eigenvalue weighted by atomic mass is 79.9. The lowest BCUT2D eigenvalue weighted by Gasteiger charge is -2.38. The number of hydrogen-bond donors (Lipinski definition) is 1. The third-order valence-corrected chi connectivity index (χ3v) is 5.00. The second kappa shape index (κ2) is 5.92. The Morgan fingerprint density at radius 2 is 1.95 bits per heavy atom. The first-order valence-electron chi connectivity index (χ1n) is 6.15. The van der Waals surface area contributed by atoms with Crippen LogP contribution in [-0.2, 0) is 9.59 Å². The van der Waals surface area contributed by atoms with E-state index in [9.17, 15) is 9.59 Å². The zero-order valence-electron chi connectivity index (χ0n) is 10.9. The minimum atomic E-state index is -0.580. The summed E-state index contributed by atoms with van der Waals surface area (Å²) in [6.45, 7) is 3.49. The molecule has 1 aliphatic rings. The molecule has 2 atom stereocenters. The molecular formula is C13H13BrCl2N2O2. The summed E-state index contributed by atoms with van der Waals surface area (Å²) < 4.78 is 0.642. The smallest absolute Gasteiger partial charge is 0.250 e. The van der Waals surface area contributed by atoms with Crippen LogP contribution < -0.4 is 10.2 Å². The molecule has 108 valence electrons. The number of rotatable bonds is 2. The van der Waals surface area contributed by atoms with Gasteiger partial charge in [0, 0.05) is 4.47 Å². The largest absolute Gasteiger partial charge is 0.343 e. The molecule has 1 saturated heterocycles. The zero-order chi connectivity index (χ0) is 15.0. The predicted octanol–water partition coefficient (Wildman–Crippen LogP) is 3.39. The van der Waals surface area contributed by atoms with E-state index in [2.05, 4.69) is 21.2 Å². The van der Waals surface area contributed by atoms with Gasteiger partial charge in [0.15, 0.2) is 0 Å². The lowest BCUT2D eigenvalue weighted by molar-refractivity contribution is -0.133. The summed E-state index contributed by atoms with van der Waals surface area (Å²) in [4.78, 5) is 25.9. The van der Waals surface area contributed by atoms with Gasteiger partial charge in [-0.25, -0.2) is 0 Å². The molecule has 0 aromatic heterocycles. The van der Waals surface area contributed by atoms with Gasteiger partial charge < -0.3 is 5.32 Å². The standard InChI is InChI=1S/C13H13BrCl2N2O2/c1-3-8-12(19)17-6(2)13(20)18(8)9-5-4-7(14)10(15)11(9)16/h4-6,8H,3H2,1-2H3,(H,17,19). The molecule has 0 saturated carbocycles. The first-order valence-corrected chi connectivity index (χ1v) is 7.70. The second-order valence-electron chi connectivity index (χ2n) is 4.56. The van der Waals surface area contributed by atoms with E-state index in [1.54, 1.807) is 19.1 Å². The Hall–Kier alpha value is -0.780. The Balaban J connectivity index is 2.55. The summed E-state index contributed by atoms with van der Waals surface area (Å²) in [5, 5.41) is 3.24. The summed E-state index contributed by atoms with van der Waals surface area (Å²) in [6, 6.07) is 2.24. The first kappa shape index (κ1) is 15.6. The minimum Gasteiger partial charge on any atom is -0.343 e. The fraction of sp³-hybridized carbons (Fsp3) is 0.385. The highest BCUT2D eigenvalue weighted by molar-refractivity contribution is 9.10. The Kier molecular flexibility index (Phi) is 4.62. The van der Waals surface area contributed by atoms with Gasteiger partial charge in [-0.05, 0) is 41.4 Å². The van der Waals surface area contributed by atoms with Crippen molar-refractivity contribution in [3.8, 4) is 0 Å². The van der Waals surface area contributed by atoms with Crippen molar-refractivity contribution in [1.29, 1.82) is 0 Å². The van der Waals surface area contributed by atoms with Gasteiger partial charge in [-0.2, -0.15) is 0 Å². The van der Waals surface area contributed by atoms with Gasteiger partial charge in [0.2, 0.25) is 11.8 Å². The van der Waals surface area contributed by atoms with Crippen molar-refractivity contribution >= 4 is 56.6 Å². The van der Waals surface area contributed by atoms with Crippen molar-refractivity contribution in [1.82, 2.24) is 5.32 Å². The SMILES string of the molecule is CCC1C(=O)NC(C)C(=O)N1c1ccc(Br)c(Cl)c1Cl. The van der Waals surface area contributed by atoms with Crippen LogP contribution in [0.1, 0.15) is 20.3 Å². The van der Waals surface area contributed by atoms with Gasteiger partial charge in [0.05, 0.1) is 15.7 Å². The van der Waals surface area contributed by atoms with Crippen LogP contribution in [0.5, 0.6) is 0 Å². The molecule has 1 aromatic carbocycles. The van der Waals surface area contributed by atoms with Gasteiger partial charge in [0.1, 0.15) is 12.1 Å². The van der Waals surface area contributed by atoms with E-state index in [0.717, 1.165) is 0 Å². The quantitative estimate of drug-likeness (QED) is 0.800. The third kappa shape index (κ3) is 2.54. The summed E-state index contributed by atoms with van der Waals surface area (Å²) in [6.07, 6.45) is 0.494. The van der Waals surface area contributed by atoms with Crippen LogP contribution in [0.2, 0.25) is 10.0 Å². The van der Waals surface area contributed by atoms with Crippen molar-refractivity contribution in [3.05, 3.63) is 26.7 Å². The summed E-state index contributed by atoms with van der Waals surface area (Å²) >= 11 is 15.6. The molecule has 0 spiro atoms. The van der Waals surface area contributed by atoms with Gasteiger partial charge in [-0.1, -0.05) is 30.1 Å². The van der Waals surface area contributed by atoms with Crippen LogP contribution in [0.25, 0.3) is 0 Å². The second-order valence-corrected chi connectivity index (χ2v) is 6.17. The normalized spacial score (nSPS) is 22.9. The number of piperazine rings is 1. The predicted molar refractivity (Wildman–Crippen MR) is 83.3 cm³/mol. The molecular weight excluding hydrogens is 367 g/mol. The monoisotopic (exact) mass is 378 g/mol. The van der Waals surface area contributed by atoms with Crippen LogP contribution in [0, 0.1) is 0 Å². The molecule has 1 heterocycles. The van der Waals surface area contributed by atoms with E-state index in [1.165, 1.54) is 4.90 Å². The number of nitrogens with zero attached hydrogens (tertiary/aromatic N) is 1. The Labute approximate surface area is 135 Å². The van der Waals surface area contributed by atoms with Crippen LogP contribution in [0.4, 0.5) is 5.69 Å². The molecule has 1 N–H and O–H groups in total. The summed E-state index contributed by atoms with van der Waals surface area (Å²) in [7, 11) is 0. The van der Waals surface area contributed by atoms with Gasteiger partial charge in [-0.15, -0.1) is 0 Å². The van der Waals surface area contributed by atoms with E-state index in [-0.39, 0.29) is 16.8 Å². The molecule has 0 bridgehead atoms. The maximum Gasteiger partial charge on any atom is 0.250 e. The maximum atomic E-state index is 12.4. The van der Waals surface area contributed by atoms with Gasteiger partial charge in [0.25, 0.3) is 0 Å². The highest BCUT2D eigenvalue weighted by Gasteiger charge is 2.39. The average molecular weight is 380 g/mol. The van der Waals surface area contributed by atoms with Gasteiger partial charge in [-0.3, -0.25) is 14.5 Å². The molecule has 2 rings (SSSR count). The lowest BCUT2D eigenvalue weighted by Crippen LogP contribution is -2.62. The molecule has 1 aliphatic heterocycles. The number of benzene rings is 1. The zero-order valence-corrected chi connectivity index (χ0v) is 14.0. The molecule has 1 fully saturated rings. The molecule has 2 amide bonds. The van der Waals surface area contributed by atoms with Crippen molar-refractivity contribution in [2.24, 2.45) is 0 Å². The van der Waals surface area contributed by atoms with E-state index >= 15 is 0 Å². The van der Waals surface area contributed by atoms with E-state index in [4.69, 9.17) is 23.2 Å². The Bertz CT molecular complexity index is 580. The van der Waals surface area contributed by atoms with Crippen molar-refractivity contribution in [2.45, 2.75) is 32.4 Å². The Morgan fingerprint density at radius 3 is 2.55 bits per heavy atom. The lowest BCUT2D eigenvalue weighted by atomic mass is 10.0. The topological polar surface area (TPSA) is 49.4 Å². The first-order chi connectivity index (χ1) is 9.38. The van der Waals surface area contributed by atoms with Crippen molar-refractivity contribution in [3.63, 3.8) is 0 Å². The van der Waals surface area contributed by atoms with Crippen LogP contribution >= 0.6 is 39.1 Å². The fourth-order valence-corrected chi connectivity index (χ4v) is 3.07. The molecule has 7 heteroatoms. The highest BCUT2D eigenvalue weighted by Crippen LogP contribution is 2.39. The van der Waals surface area contributed by atoms with E-state index < -0.39 is 12.1 Å². The molecule has 20 heavy (non-hydrogen) atoms. The number of amides is 2. The number of halogens is 3. The van der Waals surface area contributed by atoms with Crippen LogP contribution in [0.3, 0.4) is 0 Å². The number of hydrogen-bond acceptors (Lipinski definition) is 2. The van der Waals surface area contributed by atoms with Crippen molar-refractivity contribution < 1.29 is 9.59 Å². The molecule has 1 aromatic rings.